The highest BCUT2D eigenvalue weighted by Crippen LogP contribution is 2.24. The van der Waals surface area contributed by atoms with E-state index in [-0.39, 0.29) is 6.04 Å². The van der Waals surface area contributed by atoms with Crippen LogP contribution >= 0.6 is 31.9 Å². The zero-order valence-electron chi connectivity index (χ0n) is 11.5. The van der Waals surface area contributed by atoms with Gasteiger partial charge in [0, 0.05) is 21.5 Å². The van der Waals surface area contributed by atoms with Crippen molar-refractivity contribution in [3.63, 3.8) is 0 Å². The average Bonchev–Trinajstić information content (AvgIpc) is 2.46. The first-order valence-electron chi connectivity index (χ1n) is 6.41. The van der Waals surface area contributed by atoms with Gasteiger partial charge in [0.15, 0.2) is 0 Å². The minimum absolute atomic E-state index is 0.283. The highest BCUT2D eigenvalue weighted by Gasteiger charge is 2.07. The number of ether oxygens (including phenoxy) is 1. The molecule has 0 unspecified atom stereocenters. The lowest BCUT2D eigenvalue weighted by atomic mass is 10.1. The Morgan fingerprint density at radius 2 is 1.95 bits per heavy atom. The van der Waals surface area contributed by atoms with Crippen LogP contribution < -0.4 is 10.1 Å². The molecule has 4 heteroatoms. The molecule has 0 fully saturated rings. The lowest BCUT2D eigenvalue weighted by Crippen LogP contribution is -2.18. The second-order valence-corrected chi connectivity index (χ2v) is 6.38. The van der Waals surface area contributed by atoms with Crippen molar-refractivity contribution in [2.45, 2.75) is 19.5 Å². The molecule has 1 atom stereocenters. The molecule has 2 rings (SSSR count). The van der Waals surface area contributed by atoms with Gasteiger partial charge < -0.3 is 10.1 Å². The lowest BCUT2D eigenvalue weighted by Gasteiger charge is -2.16. The number of nitrogens with one attached hydrogen (secondary N) is 1. The molecule has 2 aromatic carbocycles. The van der Waals surface area contributed by atoms with E-state index in [1.807, 2.05) is 24.3 Å². The fraction of sp³-hybridized carbons (Fsp3) is 0.250. The Morgan fingerprint density at radius 1 is 1.15 bits per heavy atom. The molecular formula is C16H17Br2NO. The van der Waals surface area contributed by atoms with Gasteiger partial charge in [-0.3, -0.25) is 0 Å². The van der Waals surface area contributed by atoms with Crippen molar-refractivity contribution in [3.05, 3.63) is 62.5 Å². The monoisotopic (exact) mass is 397 g/mol. The minimum Gasteiger partial charge on any atom is -0.497 e. The van der Waals surface area contributed by atoms with E-state index in [9.17, 15) is 0 Å². The molecule has 0 aliphatic rings. The van der Waals surface area contributed by atoms with E-state index in [0.29, 0.717) is 0 Å². The van der Waals surface area contributed by atoms with Crippen LogP contribution in [0, 0.1) is 0 Å². The van der Waals surface area contributed by atoms with Crippen LogP contribution in [0.25, 0.3) is 0 Å². The number of rotatable bonds is 5. The smallest absolute Gasteiger partial charge is 0.119 e. The maximum Gasteiger partial charge on any atom is 0.119 e. The summed E-state index contributed by atoms with van der Waals surface area (Å²) in [6.45, 7) is 2.95. The SMILES string of the molecule is COc1ccc(Br)c(CN[C@@H](C)c2cccc(Br)c2)c1. The van der Waals surface area contributed by atoms with E-state index < -0.39 is 0 Å². The molecule has 0 aromatic heterocycles. The molecular weight excluding hydrogens is 382 g/mol. The maximum atomic E-state index is 5.26. The van der Waals surface area contributed by atoms with Gasteiger partial charge in [-0.15, -0.1) is 0 Å². The van der Waals surface area contributed by atoms with Crippen molar-refractivity contribution in [1.82, 2.24) is 5.32 Å². The Hall–Kier alpha value is -0.840. The third-order valence-electron chi connectivity index (χ3n) is 3.20. The molecule has 0 amide bonds. The molecule has 0 bridgehead atoms. The fourth-order valence-corrected chi connectivity index (χ4v) is 2.77. The molecule has 106 valence electrons. The third-order valence-corrected chi connectivity index (χ3v) is 4.47. The number of hydrogen-bond acceptors (Lipinski definition) is 2. The summed E-state index contributed by atoms with van der Waals surface area (Å²) in [5.41, 5.74) is 2.45. The van der Waals surface area contributed by atoms with Gasteiger partial charge in [-0.2, -0.15) is 0 Å². The van der Waals surface area contributed by atoms with Crippen molar-refractivity contribution < 1.29 is 4.74 Å². The Balaban J connectivity index is 2.05. The molecule has 1 N–H and O–H groups in total. The molecule has 0 heterocycles. The summed E-state index contributed by atoms with van der Waals surface area (Å²) in [6, 6.07) is 14.6. The summed E-state index contributed by atoms with van der Waals surface area (Å²) in [5, 5.41) is 3.53. The summed E-state index contributed by atoms with van der Waals surface area (Å²) in [6.07, 6.45) is 0. The summed E-state index contributed by atoms with van der Waals surface area (Å²) < 4.78 is 7.46. The molecule has 2 nitrogen and oxygen atoms in total. The zero-order valence-corrected chi connectivity index (χ0v) is 14.7. The minimum atomic E-state index is 0.283. The maximum absolute atomic E-state index is 5.26. The molecule has 0 spiro atoms. The third kappa shape index (κ3) is 4.08. The Kier molecular flexibility index (Phi) is 5.64. The van der Waals surface area contributed by atoms with E-state index in [1.165, 1.54) is 11.1 Å². The number of halogens is 2. The second kappa shape index (κ2) is 7.25. The molecule has 0 aliphatic heterocycles. The van der Waals surface area contributed by atoms with Gasteiger partial charge in [-0.25, -0.2) is 0 Å². The molecule has 2 aromatic rings. The van der Waals surface area contributed by atoms with Gasteiger partial charge in [-0.05, 0) is 48.4 Å². The van der Waals surface area contributed by atoms with Gasteiger partial charge in [0.2, 0.25) is 0 Å². The molecule has 0 radical (unpaired) electrons. The first-order chi connectivity index (χ1) is 9.60. The van der Waals surface area contributed by atoms with Gasteiger partial charge >= 0.3 is 0 Å². The molecule has 0 aliphatic carbocycles. The normalized spacial score (nSPS) is 12.2. The van der Waals surface area contributed by atoms with Gasteiger partial charge in [0.1, 0.15) is 5.75 Å². The van der Waals surface area contributed by atoms with Crippen molar-refractivity contribution in [3.8, 4) is 5.75 Å². The van der Waals surface area contributed by atoms with E-state index in [0.717, 1.165) is 21.2 Å². The van der Waals surface area contributed by atoms with Gasteiger partial charge in [0.25, 0.3) is 0 Å². The standard InChI is InChI=1S/C16H17Br2NO/c1-11(12-4-3-5-14(17)8-12)19-10-13-9-15(20-2)6-7-16(13)18/h3-9,11,19H,10H2,1-2H3/t11-/m0/s1. The van der Waals surface area contributed by atoms with Crippen molar-refractivity contribution >= 4 is 31.9 Å². The zero-order chi connectivity index (χ0) is 14.5. The largest absolute Gasteiger partial charge is 0.497 e. The first kappa shape index (κ1) is 15.5. The first-order valence-corrected chi connectivity index (χ1v) is 8.00. The molecule has 0 saturated carbocycles. The number of hydrogen-bond donors (Lipinski definition) is 1. The van der Waals surface area contributed by atoms with E-state index in [2.05, 4.69) is 62.3 Å². The van der Waals surface area contributed by atoms with E-state index in [4.69, 9.17) is 4.74 Å². The van der Waals surface area contributed by atoms with Gasteiger partial charge in [0.05, 0.1) is 7.11 Å². The molecule has 20 heavy (non-hydrogen) atoms. The average molecular weight is 399 g/mol. The predicted molar refractivity (Wildman–Crippen MR) is 90.1 cm³/mol. The van der Waals surface area contributed by atoms with Crippen LogP contribution in [0.5, 0.6) is 5.75 Å². The van der Waals surface area contributed by atoms with Crippen LogP contribution in [-0.4, -0.2) is 7.11 Å². The van der Waals surface area contributed by atoms with Crippen molar-refractivity contribution in [2.75, 3.05) is 7.11 Å². The van der Waals surface area contributed by atoms with Crippen LogP contribution in [-0.2, 0) is 6.54 Å². The summed E-state index contributed by atoms with van der Waals surface area (Å²) in [7, 11) is 1.69. The van der Waals surface area contributed by atoms with Crippen LogP contribution in [0.2, 0.25) is 0 Å². The van der Waals surface area contributed by atoms with Crippen molar-refractivity contribution in [2.24, 2.45) is 0 Å². The highest BCUT2D eigenvalue weighted by molar-refractivity contribution is 9.10. The molecule has 0 saturated heterocycles. The predicted octanol–water partition coefficient (Wildman–Crippen LogP) is 5.07. The summed E-state index contributed by atoms with van der Waals surface area (Å²) in [4.78, 5) is 0. The Labute approximate surface area is 136 Å². The topological polar surface area (TPSA) is 21.3 Å². The van der Waals surface area contributed by atoms with Crippen LogP contribution in [0.4, 0.5) is 0 Å². The van der Waals surface area contributed by atoms with E-state index >= 15 is 0 Å². The quantitative estimate of drug-likeness (QED) is 0.758. The Morgan fingerprint density at radius 3 is 2.65 bits per heavy atom. The number of methoxy groups -OCH3 is 1. The van der Waals surface area contributed by atoms with Crippen LogP contribution in [0.3, 0.4) is 0 Å². The summed E-state index contributed by atoms with van der Waals surface area (Å²) in [5.74, 6) is 0.875. The number of benzene rings is 2. The lowest BCUT2D eigenvalue weighted by molar-refractivity contribution is 0.413. The highest BCUT2D eigenvalue weighted by atomic mass is 79.9. The van der Waals surface area contributed by atoms with E-state index in [1.54, 1.807) is 7.11 Å². The van der Waals surface area contributed by atoms with Crippen LogP contribution in [0.15, 0.2) is 51.4 Å². The summed E-state index contributed by atoms with van der Waals surface area (Å²) >= 11 is 7.08. The second-order valence-electron chi connectivity index (χ2n) is 4.61. The van der Waals surface area contributed by atoms with Gasteiger partial charge in [-0.1, -0.05) is 44.0 Å². The fourth-order valence-electron chi connectivity index (χ4n) is 1.97. The van der Waals surface area contributed by atoms with Crippen LogP contribution in [0.1, 0.15) is 24.1 Å². The van der Waals surface area contributed by atoms with Crippen molar-refractivity contribution in [1.29, 1.82) is 0 Å². The Bertz CT molecular complexity index is 586.